The molecule has 0 radical (unpaired) electrons. The first-order valence-electron chi connectivity index (χ1n) is 10.7. The smallest absolute Gasteiger partial charge is 0.244 e. The van der Waals surface area contributed by atoms with Crippen molar-refractivity contribution in [1.29, 1.82) is 0 Å². The predicted octanol–water partition coefficient (Wildman–Crippen LogP) is 4.86. The highest BCUT2D eigenvalue weighted by Gasteiger charge is 2.30. The molecular weight excluding hydrogens is 565 g/mol. The van der Waals surface area contributed by atoms with Gasteiger partial charge in [-0.2, -0.15) is 0 Å². The van der Waals surface area contributed by atoms with Gasteiger partial charge in [-0.3, -0.25) is 13.9 Å². The fourth-order valence-electron chi connectivity index (χ4n) is 3.20. The Hall–Kier alpha value is -1.81. The lowest BCUT2D eigenvalue weighted by Crippen LogP contribution is -2.51. The molecule has 0 aliphatic rings. The Bertz CT molecular complexity index is 1090. The lowest BCUT2D eigenvalue weighted by atomic mass is 10.1. The molecule has 2 rings (SSSR count). The first-order valence-corrected chi connectivity index (χ1v) is 14.1. The molecule has 1 N–H and O–H groups in total. The fourth-order valence-corrected chi connectivity index (χ4v) is 4.81. The molecule has 0 unspecified atom stereocenters. The summed E-state index contributed by atoms with van der Waals surface area (Å²) in [6, 6.07) is 10.8. The average molecular weight is 593 g/mol. The number of hydrogen-bond acceptors (Lipinski definition) is 4. The molecule has 2 amide bonds. The summed E-state index contributed by atoms with van der Waals surface area (Å²) in [6.07, 6.45) is 2.73. The Balaban J connectivity index is 2.37. The number of amides is 2. The van der Waals surface area contributed by atoms with Crippen molar-refractivity contribution in [2.75, 3.05) is 23.7 Å². The van der Waals surface area contributed by atoms with E-state index in [0.29, 0.717) is 6.54 Å². The molecule has 7 nitrogen and oxygen atoms in total. The number of sulfonamides is 1. The van der Waals surface area contributed by atoms with E-state index in [0.717, 1.165) is 33.4 Å². The summed E-state index contributed by atoms with van der Waals surface area (Å²) < 4.78 is 27.0. The van der Waals surface area contributed by atoms with E-state index in [1.165, 1.54) is 23.1 Å². The van der Waals surface area contributed by atoms with Gasteiger partial charge in [0.25, 0.3) is 0 Å². The fraction of sp³-hybridized carbons (Fsp3) is 0.391. The van der Waals surface area contributed by atoms with Crippen LogP contribution in [0.2, 0.25) is 10.0 Å². The third kappa shape index (κ3) is 8.45. The first-order chi connectivity index (χ1) is 15.9. The second-order valence-electron chi connectivity index (χ2n) is 7.87. The Labute approximate surface area is 219 Å². The Kier molecular flexibility index (Phi) is 10.7. The third-order valence-electron chi connectivity index (χ3n) is 5.08. The zero-order valence-electron chi connectivity index (χ0n) is 19.2. The number of carbonyl (C=O) groups is 2. The molecule has 0 aliphatic carbocycles. The molecule has 34 heavy (non-hydrogen) atoms. The van der Waals surface area contributed by atoms with Gasteiger partial charge in [0.2, 0.25) is 21.8 Å². The molecule has 186 valence electrons. The second-order valence-corrected chi connectivity index (χ2v) is 11.6. The van der Waals surface area contributed by atoms with Crippen LogP contribution in [-0.4, -0.2) is 50.5 Å². The van der Waals surface area contributed by atoms with Crippen molar-refractivity contribution in [3.05, 3.63) is 62.5 Å². The predicted molar refractivity (Wildman–Crippen MR) is 141 cm³/mol. The number of carbonyl (C=O) groups excluding carboxylic acids is 2. The summed E-state index contributed by atoms with van der Waals surface area (Å²) >= 11 is 15.5. The van der Waals surface area contributed by atoms with Crippen molar-refractivity contribution < 1.29 is 18.0 Å². The number of hydrogen-bond donors (Lipinski definition) is 1. The summed E-state index contributed by atoms with van der Waals surface area (Å²) in [5.41, 5.74) is 0.957. The van der Waals surface area contributed by atoms with Crippen molar-refractivity contribution >= 4 is 66.7 Å². The van der Waals surface area contributed by atoms with E-state index in [1.807, 2.05) is 31.2 Å². The number of unbranched alkanes of at least 4 members (excludes halogenated alkanes) is 1. The van der Waals surface area contributed by atoms with Gasteiger partial charge in [-0.15, -0.1) is 0 Å². The van der Waals surface area contributed by atoms with Gasteiger partial charge in [-0.1, -0.05) is 64.6 Å². The third-order valence-corrected chi connectivity index (χ3v) is 7.18. The minimum atomic E-state index is -3.86. The quantitative estimate of drug-likeness (QED) is 0.378. The standard InChI is InChI=1S/C23H28BrCl2N3O4S/c1-4-5-10-27-23(31)16(2)28(14-17-6-8-18(24)9-7-17)22(30)15-29(34(3,32)33)21-12-19(25)11-20(26)13-21/h6-9,11-13,16H,4-5,10,14-15H2,1-3H3,(H,27,31)/t16-/m1/s1. The summed E-state index contributed by atoms with van der Waals surface area (Å²) in [5.74, 6) is -0.849. The normalized spacial score (nSPS) is 12.2. The van der Waals surface area contributed by atoms with Crippen LogP contribution in [0, 0.1) is 0 Å². The van der Waals surface area contributed by atoms with Gasteiger partial charge < -0.3 is 10.2 Å². The van der Waals surface area contributed by atoms with E-state index in [-0.39, 0.29) is 28.2 Å². The summed E-state index contributed by atoms with van der Waals surface area (Å²) in [6.45, 7) is 3.75. The molecule has 0 aromatic heterocycles. The monoisotopic (exact) mass is 591 g/mol. The highest BCUT2D eigenvalue weighted by atomic mass is 79.9. The molecule has 0 saturated carbocycles. The second kappa shape index (κ2) is 12.8. The van der Waals surface area contributed by atoms with Gasteiger partial charge in [-0.05, 0) is 49.2 Å². The summed E-state index contributed by atoms with van der Waals surface area (Å²) in [7, 11) is -3.86. The first kappa shape index (κ1) is 28.4. The van der Waals surface area contributed by atoms with Gasteiger partial charge in [0.15, 0.2) is 0 Å². The van der Waals surface area contributed by atoms with Crippen LogP contribution in [0.1, 0.15) is 32.3 Å². The number of nitrogens with one attached hydrogen (secondary N) is 1. The van der Waals surface area contributed by atoms with E-state index < -0.39 is 28.5 Å². The zero-order valence-corrected chi connectivity index (χ0v) is 23.1. The summed E-state index contributed by atoms with van der Waals surface area (Å²) in [5, 5.41) is 3.31. The van der Waals surface area contributed by atoms with E-state index in [9.17, 15) is 18.0 Å². The molecule has 2 aromatic carbocycles. The average Bonchev–Trinajstić information content (AvgIpc) is 2.75. The van der Waals surface area contributed by atoms with Crippen LogP contribution in [0.5, 0.6) is 0 Å². The highest BCUT2D eigenvalue weighted by molar-refractivity contribution is 9.10. The molecule has 0 aliphatic heterocycles. The maximum Gasteiger partial charge on any atom is 0.244 e. The van der Waals surface area contributed by atoms with Crippen LogP contribution >= 0.6 is 39.1 Å². The zero-order chi connectivity index (χ0) is 25.5. The van der Waals surface area contributed by atoms with Crippen LogP contribution in [0.15, 0.2) is 46.9 Å². The Morgan fingerprint density at radius 2 is 1.68 bits per heavy atom. The van der Waals surface area contributed by atoms with Crippen LogP contribution in [-0.2, 0) is 26.2 Å². The van der Waals surface area contributed by atoms with E-state index >= 15 is 0 Å². The van der Waals surface area contributed by atoms with E-state index in [4.69, 9.17) is 23.2 Å². The maximum atomic E-state index is 13.5. The molecule has 0 fully saturated rings. The van der Waals surface area contributed by atoms with Crippen LogP contribution in [0.25, 0.3) is 0 Å². The molecule has 0 spiro atoms. The molecule has 11 heteroatoms. The lowest BCUT2D eigenvalue weighted by molar-refractivity contribution is -0.139. The number of anilines is 1. The van der Waals surface area contributed by atoms with Crippen molar-refractivity contribution in [3.63, 3.8) is 0 Å². The van der Waals surface area contributed by atoms with Crippen LogP contribution in [0.3, 0.4) is 0 Å². The SMILES string of the molecule is CCCCNC(=O)[C@@H](C)N(Cc1ccc(Br)cc1)C(=O)CN(c1cc(Cl)cc(Cl)c1)S(C)(=O)=O. The Morgan fingerprint density at radius 3 is 2.21 bits per heavy atom. The molecular formula is C23H28BrCl2N3O4S. The van der Waals surface area contributed by atoms with Gasteiger partial charge in [-0.25, -0.2) is 8.42 Å². The summed E-state index contributed by atoms with van der Waals surface area (Å²) in [4.78, 5) is 27.6. The minimum absolute atomic E-state index is 0.127. The van der Waals surface area contributed by atoms with Gasteiger partial charge >= 0.3 is 0 Å². The molecule has 0 saturated heterocycles. The number of benzene rings is 2. The van der Waals surface area contributed by atoms with Gasteiger partial charge in [0.1, 0.15) is 12.6 Å². The molecule has 1 atom stereocenters. The lowest BCUT2D eigenvalue weighted by Gasteiger charge is -2.31. The van der Waals surface area contributed by atoms with Crippen molar-refractivity contribution in [2.24, 2.45) is 0 Å². The maximum absolute atomic E-state index is 13.5. The highest BCUT2D eigenvalue weighted by Crippen LogP contribution is 2.27. The number of nitrogens with zero attached hydrogens (tertiary/aromatic N) is 2. The van der Waals surface area contributed by atoms with Gasteiger partial charge in [0.05, 0.1) is 11.9 Å². The van der Waals surface area contributed by atoms with Crippen LogP contribution in [0.4, 0.5) is 5.69 Å². The number of halogens is 3. The topological polar surface area (TPSA) is 86.8 Å². The number of rotatable bonds is 11. The molecule has 2 aromatic rings. The molecule has 0 heterocycles. The minimum Gasteiger partial charge on any atom is -0.354 e. The van der Waals surface area contributed by atoms with Crippen molar-refractivity contribution in [1.82, 2.24) is 10.2 Å². The van der Waals surface area contributed by atoms with E-state index in [2.05, 4.69) is 21.2 Å². The van der Waals surface area contributed by atoms with Crippen molar-refractivity contribution in [2.45, 2.75) is 39.3 Å². The van der Waals surface area contributed by atoms with E-state index in [1.54, 1.807) is 6.92 Å². The van der Waals surface area contributed by atoms with Crippen molar-refractivity contribution in [3.8, 4) is 0 Å². The van der Waals surface area contributed by atoms with Gasteiger partial charge in [0, 0.05) is 27.6 Å². The van der Waals surface area contributed by atoms with Crippen LogP contribution < -0.4 is 9.62 Å². The largest absolute Gasteiger partial charge is 0.354 e. The molecule has 0 bridgehead atoms. The Morgan fingerprint density at radius 1 is 1.09 bits per heavy atom.